The van der Waals surface area contributed by atoms with E-state index in [2.05, 4.69) is 10.2 Å². The van der Waals surface area contributed by atoms with Crippen molar-refractivity contribution in [3.63, 3.8) is 0 Å². The number of nitrogens with zero attached hydrogens (tertiary/aromatic N) is 1. The molecule has 0 radical (unpaired) electrons. The molecule has 1 aromatic carbocycles. The number of rotatable bonds is 3. The van der Waals surface area contributed by atoms with Gasteiger partial charge in [-0.25, -0.2) is 0 Å². The van der Waals surface area contributed by atoms with Crippen LogP contribution in [0.15, 0.2) is 24.3 Å². The van der Waals surface area contributed by atoms with Crippen LogP contribution in [0.1, 0.15) is 6.42 Å². The van der Waals surface area contributed by atoms with Crippen molar-refractivity contribution in [1.29, 1.82) is 0 Å². The maximum Gasteiger partial charge on any atom is 0.161 e. The smallest absolute Gasteiger partial charge is 0.161 e. The predicted octanol–water partition coefficient (Wildman–Crippen LogP) is 1.12. The zero-order valence-corrected chi connectivity index (χ0v) is 10.6. The zero-order valence-electron chi connectivity index (χ0n) is 10.6. The Morgan fingerprint density at radius 1 is 1.17 bits per heavy atom. The maximum absolute atomic E-state index is 5.96. The molecule has 0 aromatic heterocycles. The molecular formula is C14H20N2O2. The van der Waals surface area contributed by atoms with Gasteiger partial charge in [-0.15, -0.1) is 0 Å². The Balaban J connectivity index is 1.50. The molecule has 0 bridgehead atoms. The van der Waals surface area contributed by atoms with E-state index in [4.69, 9.17) is 9.47 Å². The van der Waals surface area contributed by atoms with Crippen LogP contribution >= 0.6 is 0 Å². The molecule has 0 saturated carbocycles. The lowest BCUT2D eigenvalue weighted by atomic mass is 10.2. The lowest BCUT2D eigenvalue weighted by Gasteiger charge is -2.31. The van der Waals surface area contributed by atoms with Gasteiger partial charge in [0.1, 0.15) is 12.7 Å². The van der Waals surface area contributed by atoms with E-state index < -0.39 is 0 Å². The summed E-state index contributed by atoms with van der Waals surface area (Å²) in [6.45, 7) is 6.25. The first kappa shape index (κ1) is 11.8. The van der Waals surface area contributed by atoms with E-state index in [1.165, 1.54) is 0 Å². The van der Waals surface area contributed by atoms with Crippen molar-refractivity contribution in [2.24, 2.45) is 0 Å². The Bertz CT molecular complexity index is 391. The molecule has 1 aromatic rings. The van der Waals surface area contributed by atoms with Crippen LogP contribution in [0.4, 0.5) is 0 Å². The average molecular weight is 248 g/mol. The molecule has 1 saturated heterocycles. The summed E-state index contributed by atoms with van der Waals surface area (Å²) >= 11 is 0. The quantitative estimate of drug-likeness (QED) is 0.869. The van der Waals surface area contributed by atoms with Crippen LogP contribution in [0, 0.1) is 0 Å². The number of benzene rings is 1. The molecule has 2 aliphatic heterocycles. The monoisotopic (exact) mass is 248 g/mol. The summed E-state index contributed by atoms with van der Waals surface area (Å²) in [5.41, 5.74) is 0. The highest BCUT2D eigenvalue weighted by molar-refractivity contribution is 5.40. The minimum atomic E-state index is 0.190. The number of fused-ring (bicyclic) bond motifs is 1. The summed E-state index contributed by atoms with van der Waals surface area (Å²) in [5, 5.41) is 3.37. The SMILES string of the molecule is c1ccc2c(c1)OCC(CCN1CCNCC1)O2. The molecule has 1 fully saturated rings. The minimum Gasteiger partial charge on any atom is -0.486 e. The van der Waals surface area contributed by atoms with Gasteiger partial charge in [0.05, 0.1) is 0 Å². The van der Waals surface area contributed by atoms with E-state index in [1.807, 2.05) is 24.3 Å². The fourth-order valence-corrected chi connectivity index (χ4v) is 2.47. The molecule has 0 spiro atoms. The summed E-state index contributed by atoms with van der Waals surface area (Å²) in [6, 6.07) is 7.90. The van der Waals surface area contributed by atoms with Gasteiger partial charge in [0, 0.05) is 39.1 Å². The third-order valence-electron chi connectivity index (χ3n) is 3.54. The van der Waals surface area contributed by atoms with Gasteiger partial charge in [-0.3, -0.25) is 0 Å². The zero-order chi connectivity index (χ0) is 12.2. The van der Waals surface area contributed by atoms with Crippen LogP contribution in [0.2, 0.25) is 0 Å². The first-order valence-electron chi connectivity index (χ1n) is 6.73. The van der Waals surface area contributed by atoms with Gasteiger partial charge < -0.3 is 19.7 Å². The fourth-order valence-electron chi connectivity index (χ4n) is 2.47. The van der Waals surface area contributed by atoms with E-state index >= 15 is 0 Å². The fraction of sp³-hybridized carbons (Fsp3) is 0.571. The predicted molar refractivity (Wildman–Crippen MR) is 70.3 cm³/mol. The topological polar surface area (TPSA) is 33.7 Å². The standard InChI is InChI=1S/C14H20N2O2/c1-2-4-14-13(3-1)17-11-12(18-14)5-8-16-9-6-15-7-10-16/h1-4,12,15H,5-11H2. The Morgan fingerprint density at radius 2 is 1.94 bits per heavy atom. The third kappa shape index (κ3) is 2.76. The highest BCUT2D eigenvalue weighted by Crippen LogP contribution is 2.31. The normalized spacial score (nSPS) is 23.9. The lowest BCUT2D eigenvalue weighted by Crippen LogP contribution is -2.45. The van der Waals surface area contributed by atoms with Crippen LogP contribution in [-0.2, 0) is 0 Å². The molecule has 0 aliphatic carbocycles. The molecule has 4 heteroatoms. The van der Waals surface area contributed by atoms with Gasteiger partial charge in [0.2, 0.25) is 0 Å². The maximum atomic E-state index is 5.96. The van der Waals surface area contributed by atoms with Crippen molar-refractivity contribution in [2.45, 2.75) is 12.5 Å². The second-order valence-electron chi connectivity index (χ2n) is 4.88. The molecule has 1 N–H and O–H groups in total. The Morgan fingerprint density at radius 3 is 2.78 bits per heavy atom. The van der Waals surface area contributed by atoms with Crippen LogP contribution in [0.25, 0.3) is 0 Å². The van der Waals surface area contributed by atoms with Gasteiger partial charge in [-0.1, -0.05) is 12.1 Å². The molecular weight excluding hydrogens is 228 g/mol. The Labute approximate surface area is 108 Å². The Hall–Kier alpha value is -1.26. The van der Waals surface area contributed by atoms with E-state index in [0.717, 1.165) is 50.6 Å². The molecule has 0 amide bonds. The van der Waals surface area contributed by atoms with Crippen LogP contribution in [-0.4, -0.2) is 50.3 Å². The highest BCUT2D eigenvalue weighted by atomic mass is 16.6. The van der Waals surface area contributed by atoms with Crippen LogP contribution in [0.5, 0.6) is 11.5 Å². The second-order valence-corrected chi connectivity index (χ2v) is 4.88. The number of ether oxygens (including phenoxy) is 2. The molecule has 2 aliphatic rings. The van der Waals surface area contributed by atoms with Crippen molar-refractivity contribution in [1.82, 2.24) is 10.2 Å². The number of nitrogens with one attached hydrogen (secondary N) is 1. The number of para-hydroxylation sites is 2. The minimum absolute atomic E-state index is 0.190. The molecule has 1 unspecified atom stereocenters. The highest BCUT2D eigenvalue weighted by Gasteiger charge is 2.21. The first-order chi connectivity index (χ1) is 8.92. The molecule has 4 nitrogen and oxygen atoms in total. The molecule has 3 rings (SSSR count). The summed E-state index contributed by atoms with van der Waals surface area (Å²) in [4.78, 5) is 2.49. The summed E-state index contributed by atoms with van der Waals surface area (Å²) in [6.07, 6.45) is 1.23. The second kappa shape index (κ2) is 5.59. The van der Waals surface area contributed by atoms with Crippen molar-refractivity contribution in [2.75, 3.05) is 39.3 Å². The van der Waals surface area contributed by atoms with E-state index in [9.17, 15) is 0 Å². The van der Waals surface area contributed by atoms with Gasteiger partial charge in [-0.2, -0.15) is 0 Å². The van der Waals surface area contributed by atoms with Crippen molar-refractivity contribution in [3.8, 4) is 11.5 Å². The van der Waals surface area contributed by atoms with Crippen LogP contribution in [0.3, 0.4) is 0 Å². The largest absolute Gasteiger partial charge is 0.486 e. The summed E-state index contributed by atoms with van der Waals surface area (Å²) in [7, 11) is 0. The average Bonchev–Trinajstić information content (AvgIpc) is 2.46. The van der Waals surface area contributed by atoms with Crippen molar-refractivity contribution in [3.05, 3.63) is 24.3 Å². The van der Waals surface area contributed by atoms with Crippen LogP contribution < -0.4 is 14.8 Å². The van der Waals surface area contributed by atoms with E-state index in [1.54, 1.807) is 0 Å². The Kier molecular flexibility index (Phi) is 3.67. The van der Waals surface area contributed by atoms with Gasteiger partial charge >= 0.3 is 0 Å². The van der Waals surface area contributed by atoms with Gasteiger partial charge in [0.15, 0.2) is 11.5 Å². The lowest BCUT2D eigenvalue weighted by molar-refractivity contribution is 0.0736. The number of piperazine rings is 1. The molecule has 98 valence electrons. The van der Waals surface area contributed by atoms with Gasteiger partial charge in [-0.05, 0) is 12.1 Å². The summed E-state index contributed by atoms with van der Waals surface area (Å²) in [5.74, 6) is 1.75. The molecule has 1 atom stereocenters. The number of hydrogen-bond acceptors (Lipinski definition) is 4. The number of hydrogen-bond donors (Lipinski definition) is 1. The van der Waals surface area contributed by atoms with E-state index in [-0.39, 0.29) is 6.10 Å². The van der Waals surface area contributed by atoms with Crippen molar-refractivity contribution >= 4 is 0 Å². The summed E-state index contributed by atoms with van der Waals surface area (Å²) < 4.78 is 11.7. The van der Waals surface area contributed by atoms with E-state index in [0.29, 0.717) is 6.61 Å². The first-order valence-corrected chi connectivity index (χ1v) is 6.73. The molecule has 2 heterocycles. The molecule has 18 heavy (non-hydrogen) atoms. The van der Waals surface area contributed by atoms with Gasteiger partial charge in [0.25, 0.3) is 0 Å². The third-order valence-corrected chi connectivity index (χ3v) is 3.54. The van der Waals surface area contributed by atoms with Crippen molar-refractivity contribution < 1.29 is 9.47 Å².